The molecule has 1 aliphatic rings. The molecule has 3 rings (SSSR count). The highest BCUT2D eigenvalue weighted by Gasteiger charge is 2.29. The average Bonchev–Trinajstić information content (AvgIpc) is 2.93. The maximum absolute atomic E-state index is 6.36. The van der Waals surface area contributed by atoms with Crippen LogP contribution in [0.1, 0.15) is 29.4 Å². The molecule has 3 heteroatoms. The summed E-state index contributed by atoms with van der Waals surface area (Å²) in [5, 5.41) is 8.84. The molecule has 1 nitrogen and oxygen atoms in total. The fourth-order valence-corrected chi connectivity index (χ4v) is 3.85. The first-order valence-electron chi connectivity index (χ1n) is 6.33. The fourth-order valence-electron chi connectivity index (χ4n) is 2.85. The van der Waals surface area contributed by atoms with Crippen LogP contribution in [0.5, 0.6) is 0 Å². The Kier molecular flexibility index (Phi) is 3.69. The van der Waals surface area contributed by atoms with Crippen molar-refractivity contribution in [2.24, 2.45) is 0 Å². The number of hydrogen-bond acceptors (Lipinski definition) is 2. The van der Waals surface area contributed by atoms with Gasteiger partial charge in [-0.3, -0.25) is 0 Å². The third kappa shape index (κ3) is 2.33. The number of halogens is 1. The highest BCUT2D eigenvalue weighted by molar-refractivity contribution is 7.08. The molecule has 1 aromatic heterocycles. The summed E-state index contributed by atoms with van der Waals surface area (Å²) in [6.07, 6.45) is 1.19. The van der Waals surface area contributed by atoms with E-state index in [2.05, 4.69) is 34.3 Å². The second-order valence-corrected chi connectivity index (χ2v) is 5.97. The minimum atomic E-state index is 0.488. The highest BCUT2D eigenvalue weighted by atomic mass is 35.5. The molecular weight excluding hydrogens is 262 g/mol. The largest absolute Gasteiger partial charge is 0.316 e. The summed E-state index contributed by atoms with van der Waals surface area (Å²) in [6.45, 7) is 2.12. The predicted molar refractivity (Wildman–Crippen MR) is 78.7 cm³/mol. The van der Waals surface area contributed by atoms with Crippen molar-refractivity contribution in [3.8, 4) is 0 Å². The Morgan fingerprint density at radius 1 is 1.17 bits per heavy atom. The molecule has 2 atom stereocenters. The Bertz CT molecular complexity index is 509. The molecule has 94 valence electrons. The summed E-state index contributed by atoms with van der Waals surface area (Å²) in [5.41, 5.74) is 2.74. The molecule has 1 aromatic carbocycles. The molecule has 2 aromatic rings. The van der Waals surface area contributed by atoms with Crippen molar-refractivity contribution >= 4 is 22.9 Å². The second-order valence-electron chi connectivity index (χ2n) is 4.78. The zero-order chi connectivity index (χ0) is 12.4. The van der Waals surface area contributed by atoms with Gasteiger partial charge in [0.05, 0.1) is 0 Å². The van der Waals surface area contributed by atoms with Gasteiger partial charge >= 0.3 is 0 Å². The monoisotopic (exact) mass is 277 g/mol. The van der Waals surface area contributed by atoms with Gasteiger partial charge in [0.1, 0.15) is 0 Å². The van der Waals surface area contributed by atoms with E-state index in [-0.39, 0.29) is 0 Å². The Morgan fingerprint density at radius 2 is 2.06 bits per heavy atom. The molecule has 1 aliphatic heterocycles. The molecule has 1 fully saturated rings. The number of benzene rings is 1. The van der Waals surface area contributed by atoms with E-state index in [1.54, 1.807) is 11.3 Å². The van der Waals surface area contributed by atoms with Crippen LogP contribution in [-0.2, 0) is 0 Å². The molecule has 0 bridgehead atoms. The molecule has 0 spiro atoms. The van der Waals surface area contributed by atoms with Crippen LogP contribution in [0.4, 0.5) is 0 Å². The minimum absolute atomic E-state index is 0.488. The summed E-state index contributed by atoms with van der Waals surface area (Å²) >= 11 is 8.14. The van der Waals surface area contributed by atoms with E-state index in [0.717, 1.165) is 18.1 Å². The SMILES string of the molecule is Clc1ccccc1C1CNCCC1c1ccsc1. The molecule has 0 saturated carbocycles. The topological polar surface area (TPSA) is 12.0 Å². The van der Waals surface area contributed by atoms with Gasteiger partial charge in [-0.25, -0.2) is 0 Å². The molecule has 0 aliphatic carbocycles. The van der Waals surface area contributed by atoms with Crippen molar-refractivity contribution < 1.29 is 0 Å². The lowest BCUT2D eigenvalue weighted by molar-refractivity contribution is 0.405. The van der Waals surface area contributed by atoms with Gasteiger partial charge in [-0.1, -0.05) is 29.8 Å². The zero-order valence-corrected chi connectivity index (χ0v) is 11.7. The minimum Gasteiger partial charge on any atom is -0.316 e. The Hall–Kier alpha value is -0.830. The third-order valence-electron chi connectivity index (χ3n) is 3.76. The summed E-state index contributed by atoms with van der Waals surface area (Å²) in [6, 6.07) is 10.5. The van der Waals surface area contributed by atoms with E-state index in [1.165, 1.54) is 17.5 Å². The van der Waals surface area contributed by atoms with Crippen LogP contribution in [0.25, 0.3) is 0 Å². The average molecular weight is 278 g/mol. The fraction of sp³-hybridized carbons (Fsp3) is 0.333. The summed E-state index contributed by atoms with van der Waals surface area (Å²) in [4.78, 5) is 0. The molecule has 1 saturated heterocycles. The first kappa shape index (κ1) is 12.2. The lowest BCUT2D eigenvalue weighted by atomic mass is 9.78. The van der Waals surface area contributed by atoms with E-state index in [0.29, 0.717) is 11.8 Å². The van der Waals surface area contributed by atoms with Crippen LogP contribution in [-0.4, -0.2) is 13.1 Å². The third-order valence-corrected chi connectivity index (χ3v) is 4.80. The van der Waals surface area contributed by atoms with Crippen LogP contribution in [0.15, 0.2) is 41.1 Å². The van der Waals surface area contributed by atoms with Gasteiger partial charge in [0.2, 0.25) is 0 Å². The van der Waals surface area contributed by atoms with Crippen molar-refractivity contribution in [3.05, 3.63) is 57.2 Å². The van der Waals surface area contributed by atoms with Crippen LogP contribution < -0.4 is 5.32 Å². The van der Waals surface area contributed by atoms with Crippen LogP contribution in [0.3, 0.4) is 0 Å². The van der Waals surface area contributed by atoms with Gasteiger partial charge in [0.25, 0.3) is 0 Å². The van der Waals surface area contributed by atoms with Crippen molar-refractivity contribution in [1.29, 1.82) is 0 Å². The van der Waals surface area contributed by atoms with Gasteiger partial charge < -0.3 is 5.32 Å². The highest BCUT2D eigenvalue weighted by Crippen LogP contribution is 2.40. The Morgan fingerprint density at radius 3 is 2.83 bits per heavy atom. The summed E-state index contributed by atoms with van der Waals surface area (Å²) in [5.74, 6) is 1.08. The number of rotatable bonds is 2. The Balaban J connectivity index is 1.95. The van der Waals surface area contributed by atoms with Crippen LogP contribution >= 0.6 is 22.9 Å². The number of hydrogen-bond donors (Lipinski definition) is 1. The zero-order valence-electron chi connectivity index (χ0n) is 10.1. The lowest BCUT2D eigenvalue weighted by Gasteiger charge is -2.32. The maximum Gasteiger partial charge on any atom is 0.0441 e. The lowest BCUT2D eigenvalue weighted by Crippen LogP contribution is -2.34. The molecule has 1 N–H and O–H groups in total. The van der Waals surface area contributed by atoms with E-state index < -0.39 is 0 Å². The predicted octanol–water partition coefficient (Wildman–Crippen LogP) is 4.26. The summed E-state index contributed by atoms with van der Waals surface area (Å²) in [7, 11) is 0. The van der Waals surface area contributed by atoms with Gasteiger partial charge in [-0.15, -0.1) is 0 Å². The van der Waals surface area contributed by atoms with Crippen molar-refractivity contribution in [2.75, 3.05) is 13.1 Å². The molecule has 2 unspecified atom stereocenters. The number of nitrogens with one attached hydrogen (secondary N) is 1. The van der Waals surface area contributed by atoms with E-state index in [4.69, 9.17) is 11.6 Å². The molecule has 18 heavy (non-hydrogen) atoms. The van der Waals surface area contributed by atoms with Crippen molar-refractivity contribution in [3.63, 3.8) is 0 Å². The molecule has 2 heterocycles. The first-order valence-corrected chi connectivity index (χ1v) is 7.65. The summed E-state index contributed by atoms with van der Waals surface area (Å²) < 4.78 is 0. The smallest absolute Gasteiger partial charge is 0.0441 e. The van der Waals surface area contributed by atoms with Gasteiger partial charge in [0, 0.05) is 17.5 Å². The van der Waals surface area contributed by atoms with Crippen LogP contribution in [0.2, 0.25) is 5.02 Å². The van der Waals surface area contributed by atoms with Gasteiger partial charge in [-0.2, -0.15) is 11.3 Å². The number of thiophene rings is 1. The van der Waals surface area contributed by atoms with E-state index in [9.17, 15) is 0 Å². The quantitative estimate of drug-likeness (QED) is 0.865. The van der Waals surface area contributed by atoms with Gasteiger partial charge in [0.15, 0.2) is 0 Å². The van der Waals surface area contributed by atoms with E-state index >= 15 is 0 Å². The maximum atomic E-state index is 6.36. The van der Waals surface area contributed by atoms with E-state index in [1.807, 2.05) is 12.1 Å². The first-order chi connectivity index (χ1) is 8.86. The standard InChI is InChI=1S/C15H16ClNS/c16-15-4-2-1-3-13(15)14-9-17-7-5-12(14)11-6-8-18-10-11/h1-4,6,8,10,12,14,17H,5,7,9H2. The molecule has 0 radical (unpaired) electrons. The molecular formula is C15H16ClNS. The normalized spacial score (nSPS) is 24.1. The van der Waals surface area contributed by atoms with Gasteiger partial charge in [-0.05, 0) is 52.9 Å². The van der Waals surface area contributed by atoms with Crippen molar-refractivity contribution in [1.82, 2.24) is 5.32 Å². The van der Waals surface area contributed by atoms with Crippen molar-refractivity contribution in [2.45, 2.75) is 18.3 Å². The molecule has 0 amide bonds. The Labute approximate surface area is 117 Å². The second kappa shape index (κ2) is 5.43. The number of piperidine rings is 1. The van der Waals surface area contributed by atoms with Crippen LogP contribution in [0, 0.1) is 0 Å².